The minimum Gasteiger partial charge on any atom is -0.336 e. The molecule has 3 nitrogen and oxygen atoms in total. The third-order valence-corrected chi connectivity index (χ3v) is 1.85. The summed E-state index contributed by atoms with van der Waals surface area (Å²) < 4.78 is 0. The van der Waals surface area contributed by atoms with Crippen molar-refractivity contribution in [3.8, 4) is 0 Å². The number of ketones is 1. The fourth-order valence-electron chi connectivity index (χ4n) is 1.30. The summed E-state index contributed by atoms with van der Waals surface area (Å²) in [5.74, 6) is -0.497. The Balaban J connectivity index is 2.51. The van der Waals surface area contributed by atoms with Crippen molar-refractivity contribution in [2.45, 2.75) is 26.2 Å². The van der Waals surface area contributed by atoms with Gasteiger partial charge in [-0.05, 0) is 12.8 Å². The molecule has 0 aromatic heterocycles. The lowest BCUT2D eigenvalue weighted by molar-refractivity contribution is -0.147. The van der Waals surface area contributed by atoms with E-state index >= 15 is 0 Å². The molecule has 11 heavy (non-hydrogen) atoms. The van der Waals surface area contributed by atoms with E-state index in [1.165, 1.54) is 0 Å². The molecule has 0 atom stereocenters. The third kappa shape index (κ3) is 1.79. The van der Waals surface area contributed by atoms with Crippen molar-refractivity contribution in [2.75, 3.05) is 13.1 Å². The average molecular weight is 155 g/mol. The molecule has 0 radical (unpaired) electrons. The van der Waals surface area contributed by atoms with Crippen LogP contribution in [-0.4, -0.2) is 29.7 Å². The molecule has 1 aliphatic rings. The van der Waals surface area contributed by atoms with E-state index in [1.54, 1.807) is 4.90 Å². The summed E-state index contributed by atoms with van der Waals surface area (Å²) in [5, 5.41) is 0. The number of rotatable bonds is 2. The van der Waals surface area contributed by atoms with E-state index in [2.05, 4.69) is 0 Å². The minimum atomic E-state index is -0.280. The molecule has 0 aliphatic carbocycles. The number of piperidine rings is 1. The lowest BCUT2D eigenvalue weighted by atomic mass is 10.1. The van der Waals surface area contributed by atoms with Crippen LogP contribution in [0, 0.1) is 0 Å². The second kappa shape index (κ2) is 3.51. The molecule has 0 bridgehead atoms. The molecular weight excluding hydrogens is 142 g/mol. The van der Waals surface area contributed by atoms with Crippen LogP contribution in [0.15, 0.2) is 0 Å². The van der Waals surface area contributed by atoms with E-state index in [4.69, 9.17) is 0 Å². The Kier molecular flexibility index (Phi) is 2.63. The number of likely N-dealkylation sites (tertiary alicyclic amines) is 1. The van der Waals surface area contributed by atoms with Gasteiger partial charge in [-0.1, -0.05) is 6.92 Å². The molecular formula is C8H13NO2. The van der Waals surface area contributed by atoms with Crippen LogP contribution in [0.25, 0.3) is 0 Å². The summed E-state index contributed by atoms with van der Waals surface area (Å²) >= 11 is 0. The van der Waals surface area contributed by atoms with Crippen molar-refractivity contribution in [2.24, 2.45) is 0 Å². The van der Waals surface area contributed by atoms with Crippen LogP contribution in [0.1, 0.15) is 26.2 Å². The van der Waals surface area contributed by atoms with Gasteiger partial charge in [0, 0.05) is 19.5 Å². The van der Waals surface area contributed by atoms with Gasteiger partial charge in [-0.15, -0.1) is 0 Å². The quantitative estimate of drug-likeness (QED) is 0.547. The zero-order chi connectivity index (χ0) is 8.27. The number of carbonyl (C=O) groups excluding carboxylic acids is 2. The summed E-state index contributed by atoms with van der Waals surface area (Å²) in [4.78, 5) is 23.6. The van der Waals surface area contributed by atoms with Crippen LogP contribution in [0.2, 0.25) is 0 Å². The molecule has 0 unspecified atom stereocenters. The largest absolute Gasteiger partial charge is 0.336 e. The highest BCUT2D eigenvalue weighted by atomic mass is 16.2. The van der Waals surface area contributed by atoms with Crippen molar-refractivity contribution in [3.05, 3.63) is 0 Å². The second-order valence-corrected chi connectivity index (χ2v) is 2.82. The Bertz CT molecular complexity index is 175. The van der Waals surface area contributed by atoms with E-state index in [-0.39, 0.29) is 11.7 Å². The van der Waals surface area contributed by atoms with Gasteiger partial charge in [0.1, 0.15) is 0 Å². The molecule has 3 heteroatoms. The van der Waals surface area contributed by atoms with Gasteiger partial charge in [-0.3, -0.25) is 9.59 Å². The minimum absolute atomic E-state index is 0.218. The fourth-order valence-corrected chi connectivity index (χ4v) is 1.30. The topological polar surface area (TPSA) is 37.4 Å². The zero-order valence-corrected chi connectivity index (χ0v) is 6.80. The van der Waals surface area contributed by atoms with Gasteiger partial charge >= 0.3 is 0 Å². The van der Waals surface area contributed by atoms with E-state index in [1.807, 2.05) is 6.92 Å². The van der Waals surface area contributed by atoms with Crippen LogP contribution >= 0.6 is 0 Å². The van der Waals surface area contributed by atoms with E-state index in [9.17, 15) is 9.59 Å². The van der Waals surface area contributed by atoms with Crippen LogP contribution in [0.3, 0.4) is 0 Å². The Morgan fingerprint density at radius 1 is 1.45 bits per heavy atom. The van der Waals surface area contributed by atoms with Gasteiger partial charge in [0.05, 0.1) is 0 Å². The first-order valence-corrected chi connectivity index (χ1v) is 4.07. The maximum Gasteiger partial charge on any atom is 0.289 e. The Morgan fingerprint density at radius 3 is 2.82 bits per heavy atom. The number of amides is 1. The summed E-state index contributed by atoms with van der Waals surface area (Å²) in [6.45, 7) is 3.50. The van der Waals surface area contributed by atoms with Crippen LogP contribution in [-0.2, 0) is 9.59 Å². The zero-order valence-electron chi connectivity index (χ0n) is 6.80. The molecule has 1 heterocycles. The number of carbonyl (C=O) groups is 2. The normalized spacial score (nSPS) is 19.2. The van der Waals surface area contributed by atoms with Gasteiger partial charge in [-0.2, -0.15) is 0 Å². The highest BCUT2D eigenvalue weighted by Gasteiger charge is 2.24. The SMILES string of the molecule is CCCN1CCCC(=O)C1=O. The van der Waals surface area contributed by atoms with E-state index in [0.717, 1.165) is 25.9 Å². The van der Waals surface area contributed by atoms with Crippen LogP contribution in [0.5, 0.6) is 0 Å². The highest BCUT2D eigenvalue weighted by molar-refractivity contribution is 6.36. The number of hydrogen-bond donors (Lipinski definition) is 0. The molecule has 0 saturated carbocycles. The van der Waals surface area contributed by atoms with E-state index < -0.39 is 0 Å². The monoisotopic (exact) mass is 155 g/mol. The van der Waals surface area contributed by atoms with Gasteiger partial charge in [0.2, 0.25) is 5.78 Å². The first-order chi connectivity index (χ1) is 5.25. The third-order valence-electron chi connectivity index (χ3n) is 1.85. The molecule has 0 spiro atoms. The van der Waals surface area contributed by atoms with Crippen LogP contribution < -0.4 is 0 Å². The molecule has 1 aliphatic heterocycles. The molecule has 0 aromatic rings. The number of Topliss-reactive ketones (excluding diaryl/α,β-unsaturated/α-hetero) is 1. The average Bonchev–Trinajstić information content (AvgIpc) is 1.99. The van der Waals surface area contributed by atoms with Crippen molar-refractivity contribution in [1.29, 1.82) is 0 Å². The van der Waals surface area contributed by atoms with Gasteiger partial charge < -0.3 is 4.90 Å². The van der Waals surface area contributed by atoms with Crippen molar-refractivity contribution in [3.63, 3.8) is 0 Å². The Morgan fingerprint density at radius 2 is 2.18 bits per heavy atom. The number of hydrogen-bond acceptors (Lipinski definition) is 2. The van der Waals surface area contributed by atoms with Crippen LogP contribution in [0.4, 0.5) is 0 Å². The fraction of sp³-hybridized carbons (Fsp3) is 0.750. The first-order valence-electron chi connectivity index (χ1n) is 4.07. The molecule has 0 aromatic carbocycles. The van der Waals surface area contributed by atoms with Gasteiger partial charge in [-0.25, -0.2) is 0 Å². The summed E-state index contributed by atoms with van der Waals surface area (Å²) in [5.41, 5.74) is 0. The molecule has 1 saturated heterocycles. The van der Waals surface area contributed by atoms with Crippen molar-refractivity contribution < 1.29 is 9.59 Å². The smallest absolute Gasteiger partial charge is 0.289 e. The standard InChI is InChI=1S/C8H13NO2/c1-2-5-9-6-3-4-7(10)8(9)11/h2-6H2,1H3. The lowest BCUT2D eigenvalue weighted by Crippen LogP contribution is -2.41. The van der Waals surface area contributed by atoms with Gasteiger partial charge in [0.15, 0.2) is 0 Å². The summed E-state index contributed by atoms with van der Waals surface area (Å²) in [7, 11) is 0. The maximum atomic E-state index is 11.1. The predicted octanol–water partition coefficient (Wildman–Crippen LogP) is 0.588. The molecule has 0 N–H and O–H groups in total. The van der Waals surface area contributed by atoms with E-state index in [0.29, 0.717) is 6.42 Å². The molecule has 1 rings (SSSR count). The summed E-state index contributed by atoms with van der Waals surface area (Å²) in [6, 6.07) is 0. The summed E-state index contributed by atoms with van der Waals surface area (Å²) in [6.07, 6.45) is 2.21. The first kappa shape index (κ1) is 8.24. The Hall–Kier alpha value is -0.860. The lowest BCUT2D eigenvalue weighted by Gasteiger charge is -2.24. The predicted molar refractivity (Wildman–Crippen MR) is 41.1 cm³/mol. The molecule has 1 fully saturated rings. The van der Waals surface area contributed by atoms with Crippen molar-refractivity contribution >= 4 is 11.7 Å². The molecule has 62 valence electrons. The maximum absolute atomic E-state index is 11.1. The van der Waals surface area contributed by atoms with Crippen molar-refractivity contribution in [1.82, 2.24) is 4.90 Å². The number of nitrogens with zero attached hydrogens (tertiary/aromatic N) is 1. The Labute approximate surface area is 66.4 Å². The van der Waals surface area contributed by atoms with Gasteiger partial charge in [0.25, 0.3) is 5.91 Å². The second-order valence-electron chi connectivity index (χ2n) is 2.82. The highest BCUT2D eigenvalue weighted by Crippen LogP contribution is 2.07. The molecule has 1 amide bonds.